The van der Waals surface area contributed by atoms with Crippen molar-refractivity contribution in [3.8, 4) is 0 Å². The molecule has 0 aliphatic carbocycles. The molecule has 1 aromatic carbocycles. The van der Waals surface area contributed by atoms with Crippen LogP contribution in [-0.2, 0) is 16.1 Å². The van der Waals surface area contributed by atoms with Crippen molar-refractivity contribution >= 4 is 17.8 Å². The van der Waals surface area contributed by atoms with Crippen LogP contribution in [-0.4, -0.2) is 71.3 Å². The molecule has 29 heavy (non-hydrogen) atoms. The van der Waals surface area contributed by atoms with Crippen molar-refractivity contribution in [3.05, 3.63) is 35.6 Å². The Hall–Kier alpha value is -2.64. The largest absolute Gasteiger partial charge is 0.338 e. The van der Waals surface area contributed by atoms with Gasteiger partial charge in [-0.05, 0) is 36.5 Å². The first-order chi connectivity index (χ1) is 13.8. The van der Waals surface area contributed by atoms with Crippen LogP contribution in [0.1, 0.15) is 32.3 Å². The number of likely N-dealkylation sites (tertiary alicyclic amines) is 1. The smallest absolute Gasteiger partial charge is 0.317 e. The lowest BCUT2D eigenvalue weighted by Crippen LogP contribution is -2.59. The van der Waals surface area contributed by atoms with Crippen LogP contribution >= 0.6 is 0 Å². The summed E-state index contributed by atoms with van der Waals surface area (Å²) in [6, 6.07) is 5.97. The number of nitrogens with one attached hydrogen (secondary N) is 1. The summed E-state index contributed by atoms with van der Waals surface area (Å²) in [4.78, 5) is 42.3. The topological polar surface area (TPSA) is 73.0 Å². The second-order valence-electron chi connectivity index (χ2n) is 8.15. The van der Waals surface area contributed by atoms with Crippen molar-refractivity contribution in [2.75, 3.05) is 32.7 Å². The lowest BCUT2D eigenvalue weighted by atomic mass is 10.0. The highest BCUT2D eigenvalue weighted by Crippen LogP contribution is 2.21. The molecule has 7 nitrogen and oxygen atoms in total. The highest BCUT2D eigenvalue weighted by Gasteiger charge is 2.37. The number of hydrogen-bond acceptors (Lipinski definition) is 3. The van der Waals surface area contributed by atoms with Crippen molar-refractivity contribution in [1.29, 1.82) is 0 Å². The molecule has 8 heteroatoms. The Bertz CT molecular complexity index is 762. The highest BCUT2D eigenvalue weighted by molar-refractivity contribution is 6.35. The Morgan fingerprint density at radius 3 is 2.52 bits per heavy atom. The molecule has 2 fully saturated rings. The average Bonchev–Trinajstić information content (AvgIpc) is 2.70. The first-order valence-electron chi connectivity index (χ1n) is 10.2. The molecule has 4 amide bonds. The molecule has 2 saturated heterocycles. The molecule has 1 aromatic rings. The molecule has 1 N–H and O–H groups in total. The van der Waals surface area contributed by atoms with E-state index in [1.54, 1.807) is 21.9 Å². The third-order valence-electron chi connectivity index (χ3n) is 5.46. The van der Waals surface area contributed by atoms with Crippen molar-refractivity contribution < 1.29 is 18.8 Å². The first-order valence-corrected chi connectivity index (χ1v) is 10.2. The van der Waals surface area contributed by atoms with Gasteiger partial charge in [-0.15, -0.1) is 0 Å². The summed E-state index contributed by atoms with van der Waals surface area (Å²) in [6.45, 7) is 6.98. The van der Waals surface area contributed by atoms with Crippen LogP contribution in [0.4, 0.5) is 9.18 Å². The van der Waals surface area contributed by atoms with Gasteiger partial charge < -0.3 is 20.0 Å². The number of halogens is 1. The molecule has 2 heterocycles. The highest BCUT2D eigenvalue weighted by atomic mass is 19.1. The summed E-state index contributed by atoms with van der Waals surface area (Å²) in [6.07, 6.45) is 1.33. The molecule has 0 bridgehead atoms. The van der Waals surface area contributed by atoms with E-state index in [0.717, 1.165) is 0 Å². The van der Waals surface area contributed by atoms with Crippen LogP contribution in [0.25, 0.3) is 0 Å². The Morgan fingerprint density at radius 2 is 1.86 bits per heavy atom. The zero-order chi connectivity index (χ0) is 21.0. The molecule has 0 saturated carbocycles. The van der Waals surface area contributed by atoms with Crippen LogP contribution in [0.2, 0.25) is 0 Å². The summed E-state index contributed by atoms with van der Waals surface area (Å²) in [5, 5.41) is 2.91. The molecule has 0 spiro atoms. The van der Waals surface area contributed by atoms with Crippen LogP contribution in [0.15, 0.2) is 24.3 Å². The number of benzene rings is 1. The summed E-state index contributed by atoms with van der Waals surface area (Å²) in [7, 11) is 0. The van der Waals surface area contributed by atoms with Gasteiger partial charge in [-0.2, -0.15) is 0 Å². The van der Waals surface area contributed by atoms with Crippen molar-refractivity contribution in [2.45, 2.75) is 39.3 Å². The molecule has 0 radical (unpaired) electrons. The van der Waals surface area contributed by atoms with E-state index in [9.17, 15) is 18.8 Å². The van der Waals surface area contributed by atoms with Gasteiger partial charge in [0.05, 0.1) is 0 Å². The summed E-state index contributed by atoms with van der Waals surface area (Å²) >= 11 is 0. The van der Waals surface area contributed by atoms with Gasteiger partial charge in [-0.3, -0.25) is 9.59 Å². The fraction of sp³-hybridized carbons (Fsp3) is 0.571. The van der Waals surface area contributed by atoms with E-state index in [1.807, 2.05) is 13.8 Å². The summed E-state index contributed by atoms with van der Waals surface area (Å²) in [5.74, 6) is -1.01. The third-order valence-corrected chi connectivity index (χ3v) is 5.46. The first kappa shape index (κ1) is 21.1. The molecule has 0 aromatic heterocycles. The van der Waals surface area contributed by atoms with Crippen LogP contribution in [0, 0.1) is 11.7 Å². The van der Waals surface area contributed by atoms with E-state index >= 15 is 0 Å². The van der Waals surface area contributed by atoms with Gasteiger partial charge in [0.2, 0.25) is 0 Å². The summed E-state index contributed by atoms with van der Waals surface area (Å²) < 4.78 is 13.4. The number of piperidine rings is 1. The fourth-order valence-corrected chi connectivity index (χ4v) is 3.83. The number of carbonyl (C=O) groups is 3. The van der Waals surface area contributed by atoms with E-state index in [2.05, 4.69) is 5.32 Å². The predicted octanol–water partition coefficient (Wildman–Crippen LogP) is 1.83. The monoisotopic (exact) mass is 404 g/mol. The summed E-state index contributed by atoms with van der Waals surface area (Å²) in [5.41, 5.74) is 0.667. The van der Waals surface area contributed by atoms with Gasteiger partial charge in [-0.25, -0.2) is 9.18 Å². The van der Waals surface area contributed by atoms with Crippen LogP contribution in [0.5, 0.6) is 0 Å². The lowest BCUT2D eigenvalue weighted by molar-refractivity contribution is -0.158. The Balaban J connectivity index is 1.51. The van der Waals surface area contributed by atoms with Crippen molar-refractivity contribution in [1.82, 2.24) is 20.0 Å². The minimum atomic E-state index is -0.544. The van der Waals surface area contributed by atoms with Gasteiger partial charge in [0.15, 0.2) is 0 Å². The van der Waals surface area contributed by atoms with E-state index in [0.29, 0.717) is 57.0 Å². The minimum absolute atomic E-state index is 0.0306. The second-order valence-corrected chi connectivity index (χ2v) is 8.15. The molecular weight excluding hydrogens is 375 g/mol. The molecular formula is C21H29FN4O3. The third kappa shape index (κ3) is 5.25. The van der Waals surface area contributed by atoms with E-state index in [4.69, 9.17) is 0 Å². The zero-order valence-electron chi connectivity index (χ0n) is 17.1. The predicted molar refractivity (Wildman–Crippen MR) is 106 cm³/mol. The Labute approximate surface area is 170 Å². The SMILES string of the molecule is CC(C)CNC(=O)N1CCC(N2CCN(Cc3cccc(F)c3)C(=O)C2=O)CC1. The van der Waals surface area contributed by atoms with Gasteiger partial charge in [0.1, 0.15) is 5.82 Å². The number of carbonyl (C=O) groups excluding carboxylic acids is 3. The van der Waals surface area contributed by atoms with Gasteiger partial charge in [0, 0.05) is 45.3 Å². The number of piperazine rings is 1. The zero-order valence-corrected chi connectivity index (χ0v) is 17.1. The molecule has 2 aliphatic heterocycles. The molecule has 0 unspecified atom stereocenters. The fourth-order valence-electron chi connectivity index (χ4n) is 3.83. The molecule has 2 aliphatic rings. The molecule has 0 atom stereocenters. The minimum Gasteiger partial charge on any atom is -0.338 e. The van der Waals surface area contributed by atoms with Gasteiger partial charge in [-0.1, -0.05) is 26.0 Å². The quantitative estimate of drug-likeness (QED) is 0.761. The normalized spacial score (nSPS) is 18.6. The lowest BCUT2D eigenvalue weighted by Gasteiger charge is -2.42. The average molecular weight is 404 g/mol. The van der Waals surface area contributed by atoms with Crippen LogP contribution in [0.3, 0.4) is 0 Å². The van der Waals surface area contributed by atoms with E-state index in [1.165, 1.54) is 17.0 Å². The van der Waals surface area contributed by atoms with Gasteiger partial charge in [0.25, 0.3) is 0 Å². The number of urea groups is 1. The standard InChI is InChI=1S/C21H29FN4O3/c1-15(2)13-23-21(29)24-8-6-18(7-9-24)26-11-10-25(19(27)20(26)28)14-16-4-3-5-17(22)12-16/h3-5,12,15,18H,6-11,13-14H2,1-2H3,(H,23,29). The number of rotatable bonds is 5. The maximum atomic E-state index is 13.4. The second kappa shape index (κ2) is 9.24. The Morgan fingerprint density at radius 1 is 1.14 bits per heavy atom. The number of nitrogens with zero attached hydrogens (tertiary/aromatic N) is 3. The maximum absolute atomic E-state index is 13.4. The van der Waals surface area contributed by atoms with Crippen LogP contribution < -0.4 is 5.32 Å². The molecule has 3 rings (SSSR count). The van der Waals surface area contributed by atoms with E-state index < -0.39 is 11.8 Å². The van der Waals surface area contributed by atoms with E-state index in [-0.39, 0.29) is 24.4 Å². The number of amides is 4. The number of hydrogen-bond donors (Lipinski definition) is 1. The molecule has 158 valence electrons. The van der Waals surface area contributed by atoms with Crippen molar-refractivity contribution in [3.63, 3.8) is 0 Å². The van der Waals surface area contributed by atoms with Gasteiger partial charge >= 0.3 is 17.8 Å². The maximum Gasteiger partial charge on any atom is 0.317 e. The Kier molecular flexibility index (Phi) is 6.71. The van der Waals surface area contributed by atoms with Crippen molar-refractivity contribution in [2.24, 2.45) is 5.92 Å².